The largest absolute Gasteiger partial charge is 0.374 e. The van der Waals surface area contributed by atoms with E-state index in [1.54, 1.807) is 0 Å². The maximum absolute atomic E-state index is 5.65. The van der Waals surface area contributed by atoms with Crippen molar-refractivity contribution in [2.45, 2.75) is 33.1 Å². The Morgan fingerprint density at radius 3 is 2.34 bits per heavy atom. The van der Waals surface area contributed by atoms with E-state index < -0.39 is 0 Å². The van der Waals surface area contributed by atoms with Gasteiger partial charge in [-0.05, 0) is 37.1 Å². The molecule has 0 amide bonds. The van der Waals surface area contributed by atoms with Crippen molar-refractivity contribution >= 4 is 35.8 Å². The van der Waals surface area contributed by atoms with E-state index in [0.29, 0.717) is 6.61 Å². The fraction of sp³-hybridized carbons (Fsp3) is 0.455. The molecule has 1 N–H and O–H groups in total. The first-order valence-electron chi connectivity index (χ1n) is 9.96. The van der Waals surface area contributed by atoms with Crippen LogP contribution in [0, 0.1) is 0 Å². The molecular weight excluding hydrogens is 477 g/mol. The first-order chi connectivity index (χ1) is 13.7. The highest BCUT2D eigenvalue weighted by Gasteiger charge is 2.20. The van der Waals surface area contributed by atoms with E-state index in [9.17, 15) is 0 Å². The van der Waals surface area contributed by atoms with Crippen molar-refractivity contribution in [3.8, 4) is 0 Å². The van der Waals surface area contributed by atoms with Gasteiger partial charge in [0.25, 0.3) is 0 Å². The van der Waals surface area contributed by atoms with Crippen LogP contribution in [0.1, 0.15) is 25.0 Å². The maximum Gasteiger partial charge on any atom is 0.194 e. The topological polar surface area (TPSA) is 53.0 Å². The minimum Gasteiger partial charge on any atom is -0.374 e. The van der Waals surface area contributed by atoms with Crippen LogP contribution >= 0.6 is 24.0 Å². The zero-order valence-electron chi connectivity index (χ0n) is 17.5. The van der Waals surface area contributed by atoms with Crippen molar-refractivity contribution in [1.82, 2.24) is 15.2 Å². The van der Waals surface area contributed by atoms with Gasteiger partial charge in [0, 0.05) is 46.0 Å². The van der Waals surface area contributed by atoms with E-state index in [1.165, 1.54) is 11.1 Å². The summed E-state index contributed by atoms with van der Waals surface area (Å²) < 4.78 is 5.65. The molecule has 6 nitrogen and oxygen atoms in total. The summed E-state index contributed by atoms with van der Waals surface area (Å²) in [4.78, 5) is 13.6. The predicted molar refractivity (Wildman–Crippen MR) is 130 cm³/mol. The van der Waals surface area contributed by atoms with Crippen molar-refractivity contribution in [1.29, 1.82) is 0 Å². The zero-order chi connectivity index (χ0) is 19.8. The van der Waals surface area contributed by atoms with Gasteiger partial charge in [0.05, 0.1) is 12.7 Å². The Morgan fingerprint density at radius 1 is 1.07 bits per heavy atom. The SMILES string of the molecule is CN=C(NCc1ccc(COC(C)C)cc1)N1CCN(c2ccccn2)CC1.I. The van der Waals surface area contributed by atoms with E-state index in [-0.39, 0.29) is 30.1 Å². The molecule has 158 valence electrons. The van der Waals surface area contributed by atoms with Gasteiger partial charge in [0.15, 0.2) is 5.96 Å². The van der Waals surface area contributed by atoms with Crippen molar-refractivity contribution in [2.24, 2.45) is 4.99 Å². The lowest BCUT2D eigenvalue weighted by atomic mass is 10.1. The molecule has 7 heteroatoms. The Kier molecular flexibility index (Phi) is 9.66. The summed E-state index contributed by atoms with van der Waals surface area (Å²) in [5, 5.41) is 3.49. The second-order valence-electron chi connectivity index (χ2n) is 7.24. The van der Waals surface area contributed by atoms with Crippen molar-refractivity contribution < 1.29 is 4.74 Å². The third kappa shape index (κ3) is 7.15. The molecule has 1 aliphatic rings. The van der Waals surface area contributed by atoms with Crippen LogP contribution in [0.5, 0.6) is 0 Å². The van der Waals surface area contributed by atoms with Gasteiger partial charge in [0.1, 0.15) is 5.82 Å². The van der Waals surface area contributed by atoms with Crippen LogP contribution in [-0.2, 0) is 17.9 Å². The average Bonchev–Trinajstić information content (AvgIpc) is 2.74. The highest BCUT2D eigenvalue weighted by molar-refractivity contribution is 14.0. The number of rotatable bonds is 6. The van der Waals surface area contributed by atoms with Crippen molar-refractivity contribution in [2.75, 3.05) is 38.1 Å². The predicted octanol–water partition coefficient (Wildman–Crippen LogP) is 3.52. The smallest absolute Gasteiger partial charge is 0.194 e. The second kappa shape index (κ2) is 12.0. The fourth-order valence-electron chi connectivity index (χ4n) is 3.22. The molecule has 0 spiro atoms. The van der Waals surface area contributed by atoms with Crippen LogP contribution in [0.15, 0.2) is 53.7 Å². The van der Waals surface area contributed by atoms with E-state index in [1.807, 2.05) is 25.4 Å². The van der Waals surface area contributed by atoms with Gasteiger partial charge >= 0.3 is 0 Å². The Bertz CT molecular complexity index is 744. The van der Waals surface area contributed by atoms with Gasteiger partial charge in [0.2, 0.25) is 0 Å². The lowest BCUT2D eigenvalue weighted by Crippen LogP contribution is -2.52. The van der Waals surface area contributed by atoms with E-state index in [4.69, 9.17) is 4.74 Å². The van der Waals surface area contributed by atoms with E-state index >= 15 is 0 Å². The number of ether oxygens (including phenoxy) is 1. The van der Waals surface area contributed by atoms with Gasteiger partial charge in [-0.25, -0.2) is 4.98 Å². The number of pyridine rings is 1. The summed E-state index contributed by atoms with van der Waals surface area (Å²) in [6.07, 6.45) is 2.10. The van der Waals surface area contributed by atoms with E-state index in [0.717, 1.165) is 44.5 Å². The summed E-state index contributed by atoms with van der Waals surface area (Å²) in [6, 6.07) is 14.6. The molecule has 2 heterocycles. The number of guanidine groups is 1. The normalized spacial score (nSPS) is 14.7. The number of halogens is 1. The van der Waals surface area contributed by atoms with Gasteiger partial charge < -0.3 is 19.9 Å². The number of piperazine rings is 1. The zero-order valence-corrected chi connectivity index (χ0v) is 19.9. The number of aliphatic imine (C=N–C) groups is 1. The molecule has 1 aromatic carbocycles. The summed E-state index contributed by atoms with van der Waals surface area (Å²) in [7, 11) is 1.85. The minimum absolute atomic E-state index is 0. The second-order valence-corrected chi connectivity index (χ2v) is 7.24. The van der Waals surface area contributed by atoms with Crippen LogP contribution in [-0.4, -0.2) is 55.2 Å². The van der Waals surface area contributed by atoms with Gasteiger partial charge in [-0.2, -0.15) is 0 Å². The molecule has 0 unspecified atom stereocenters. The number of hydrogen-bond acceptors (Lipinski definition) is 4. The Hall–Kier alpha value is -1.87. The Balaban J connectivity index is 0.00000300. The van der Waals surface area contributed by atoms with Gasteiger partial charge in [-0.1, -0.05) is 30.3 Å². The summed E-state index contributed by atoms with van der Waals surface area (Å²) in [6.45, 7) is 9.29. The lowest BCUT2D eigenvalue weighted by Gasteiger charge is -2.37. The fourth-order valence-corrected chi connectivity index (χ4v) is 3.22. The minimum atomic E-state index is 0. The number of anilines is 1. The molecule has 29 heavy (non-hydrogen) atoms. The third-order valence-electron chi connectivity index (χ3n) is 4.82. The van der Waals surface area contributed by atoms with Crippen LogP contribution in [0.25, 0.3) is 0 Å². The van der Waals surface area contributed by atoms with Gasteiger partial charge in [-0.15, -0.1) is 24.0 Å². The van der Waals surface area contributed by atoms with Crippen LogP contribution in [0.3, 0.4) is 0 Å². The number of nitrogens with one attached hydrogen (secondary N) is 1. The quantitative estimate of drug-likeness (QED) is 0.367. The van der Waals surface area contributed by atoms with Crippen molar-refractivity contribution in [3.63, 3.8) is 0 Å². The molecule has 1 aliphatic heterocycles. The average molecular weight is 509 g/mol. The lowest BCUT2D eigenvalue weighted by molar-refractivity contribution is 0.0657. The molecule has 1 aromatic heterocycles. The first-order valence-corrected chi connectivity index (χ1v) is 9.96. The van der Waals surface area contributed by atoms with Crippen molar-refractivity contribution in [3.05, 3.63) is 59.8 Å². The molecule has 1 fully saturated rings. The Morgan fingerprint density at radius 2 is 1.76 bits per heavy atom. The molecular formula is C22H32IN5O. The number of benzene rings is 1. The number of hydrogen-bond donors (Lipinski definition) is 1. The monoisotopic (exact) mass is 509 g/mol. The molecule has 0 saturated carbocycles. The maximum atomic E-state index is 5.65. The van der Waals surface area contributed by atoms with Gasteiger partial charge in [-0.3, -0.25) is 4.99 Å². The highest BCUT2D eigenvalue weighted by Crippen LogP contribution is 2.13. The highest BCUT2D eigenvalue weighted by atomic mass is 127. The van der Waals surface area contributed by atoms with E-state index in [2.05, 4.69) is 69.3 Å². The molecule has 0 bridgehead atoms. The molecule has 3 rings (SSSR count). The molecule has 1 saturated heterocycles. The van der Waals surface area contributed by atoms with Crippen LogP contribution in [0.2, 0.25) is 0 Å². The summed E-state index contributed by atoms with van der Waals surface area (Å²) in [5.41, 5.74) is 2.44. The summed E-state index contributed by atoms with van der Waals surface area (Å²) >= 11 is 0. The first kappa shape index (κ1) is 23.4. The Labute approximate surface area is 191 Å². The van der Waals surface area contributed by atoms with Crippen LogP contribution < -0.4 is 10.2 Å². The third-order valence-corrected chi connectivity index (χ3v) is 4.82. The number of nitrogens with zero attached hydrogens (tertiary/aromatic N) is 4. The molecule has 0 atom stereocenters. The summed E-state index contributed by atoms with van der Waals surface area (Å²) in [5.74, 6) is 2.00. The van der Waals surface area contributed by atoms with Crippen LogP contribution in [0.4, 0.5) is 5.82 Å². The number of aromatic nitrogens is 1. The molecule has 0 radical (unpaired) electrons. The molecule has 0 aliphatic carbocycles. The molecule has 2 aromatic rings. The standard InChI is InChI=1S/C22H31N5O.HI/c1-18(2)28-17-20-9-7-19(8-10-20)16-25-22(23-3)27-14-12-26(13-15-27)21-6-4-5-11-24-21;/h4-11,18H,12-17H2,1-3H3,(H,23,25);1H.